The molecule has 0 aromatic heterocycles. The molecular formula is C13H18Br2O. The van der Waals surface area contributed by atoms with Gasteiger partial charge >= 0.3 is 0 Å². The number of benzene rings is 1. The summed E-state index contributed by atoms with van der Waals surface area (Å²) < 4.78 is 6.57. The third kappa shape index (κ3) is 3.49. The van der Waals surface area contributed by atoms with Gasteiger partial charge in [0.15, 0.2) is 0 Å². The van der Waals surface area contributed by atoms with Crippen LogP contribution in [0.3, 0.4) is 0 Å². The minimum Gasteiger partial charge on any atom is -0.494 e. The first kappa shape index (κ1) is 14.0. The topological polar surface area (TPSA) is 9.23 Å². The van der Waals surface area contributed by atoms with Gasteiger partial charge in [-0.25, -0.2) is 0 Å². The third-order valence-corrected chi connectivity index (χ3v) is 4.81. The number of hydrogen-bond donors (Lipinski definition) is 0. The lowest BCUT2D eigenvalue weighted by Crippen LogP contribution is -2.03. The van der Waals surface area contributed by atoms with Gasteiger partial charge in [-0.1, -0.05) is 58.2 Å². The lowest BCUT2D eigenvalue weighted by molar-refractivity contribution is 0.340. The van der Waals surface area contributed by atoms with Gasteiger partial charge in [0.2, 0.25) is 0 Å². The summed E-state index contributed by atoms with van der Waals surface area (Å²) >= 11 is 7.36. The van der Waals surface area contributed by atoms with E-state index in [0.29, 0.717) is 17.4 Å². The molecule has 16 heavy (non-hydrogen) atoms. The maximum Gasteiger partial charge on any atom is 0.120 e. The highest BCUT2D eigenvalue weighted by Gasteiger charge is 2.17. The second-order valence-corrected chi connectivity index (χ2v) is 5.74. The van der Waals surface area contributed by atoms with Crippen LogP contribution in [0.4, 0.5) is 0 Å². The molecule has 0 bridgehead atoms. The summed E-state index contributed by atoms with van der Waals surface area (Å²) in [7, 11) is 0. The highest BCUT2D eigenvalue weighted by Crippen LogP contribution is 2.38. The van der Waals surface area contributed by atoms with Crippen LogP contribution in [0.15, 0.2) is 22.7 Å². The quantitative estimate of drug-likeness (QED) is 0.653. The van der Waals surface area contributed by atoms with Crippen molar-refractivity contribution in [3.63, 3.8) is 0 Å². The van der Waals surface area contributed by atoms with Gasteiger partial charge in [0.25, 0.3) is 0 Å². The first-order chi connectivity index (χ1) is 7.60. The predicted octanol–water partition coefficient (Wildman–Crippen LogP) is 5.33. The number of hydrogen-bond acceptors (Lipinski definition) is 1. The Hall–Kier alpha value is -0.0200. The van der Waals surface area contributed by atoms with Gasteiger partial charge in [-0.3, -0.25) is 0 Å². The van der Waals surface area contributed by atoms with Crippen molar-refractivity contribution >= 4 is 31.9 Å². The predicted molar refractivity (Wildman–Crippen MR) is 76.4 cm³/mol. The summed E-state index contributed by atoms with van der Waals surface area (Å²) in [6.07, 6.45) is 1.16. The Labute approximate surface area is 115 Å². The normalized spacial score (nSPS) is 14.6. The van der Waals surface area contributed by atoms with E-state index >= 15 is 0 Å². The molecule has 1 aromatic rings. The summed E-state index contributed by atoms with van der Waals surface area (Å²) in [4.78, 5) is 0.391. The fourth-order valence-electron chi connectivity index (χ4n) is 1.50. The lowest BCUT2D eigenvalue weighted by Gasteiger charge is -2.19. The van der Waals surface area contributed by atoms with Crippen molar-refractivity contribution in [2.75, 3.05) is 6.61 Å². The van der Waals surface area contributed by atoms with E-state index in [-0.39, 0.29) is 0 Å². The molecule has 1 nitrogen and oxygen atoms in total. The maximum atomic E-state index is 5.46. The highest BCUT2D eigenvalue weighted by molar-refractivity contribution is 9.11. The van der Waals surface area contributed by atoms with Gasteiger partial charge in [-0.15, -0.1) is 0 Å². The summed E-state index contributed by atoms with van der Waals surface area (Å²) in [5.41, 5.74) is 1.29. The van der Waals surface area contributed by atoms with Gasteiger partial charge in [0.1, 0.15) is 5.75 Å². The van der Waals surface area contributed by atoms with Crippen LogP contribution in [0, 0.1) is 5.92 Å². The molecule has 1 aromatic carbocycles. The molecule has 0 spiro atoms. The summed E-state index contributed by atoms with van der Waals surface area (Å²) in [6.45, 7) is 7.16. The molecule has 0 amide bonds. The van der Waals surface area contributed by atoms with Crippen LogP contribution >= 0.6 is 31.9 Å². The molecule has 90 valence electrons. The maximum absolute atomic E-state index is 5.46. The Morgan fingerprint density at radius 3 is 2.50 bits per heavy atom. The number of halogens is 2. The molecule has 2 atom stereocenters. The third-order valence-electron chi connectivity index (χ3n) is 2.72. The van der Waals surface area contributed by atoms with E-state index in [1.165, 1.54) is 5.56 Å². The Morgan fingerprint density at radius 2 is 2.00 bits per heavy atom. The number of ether oxygens (including phenoxy) is 1. The van der Waals surface area contributed by atoms with Crippen LogP contribution in [0.1, 0.15) is 37.6 Å². The van der Waals surface area contributed by atoms with E-state index in [4.69, 9.17) is 4.74 Å². The van der Waals surface area contributed by atoms with E-state index in [2.05, 4.69) is 51.8 Å². The highest BCUT2D eigenvalue weighted by atomic mass is 79.9. The van der Waals surface area contributed by atoms with Crippen LogP contribution in [0.2, 0.25) is 0 Å². The van der Waals surface area contributed by atoms with E-state index in [1.807, 2.05) is 19.1 Å². The Kier molecular flexibility index (Phi) is 5.84. The summed E-state index contributed by atoms with van der Waals surface area (Å²) in [5.74, 6) is 1.54. The van der Waals surface area contributed by atoms with E-state index in [9.17, 15) is 0 Å². The van der Waals surface area contributed by atoms with Crippen molar-refractivity contribution in [2.24, 2.45) is 5.92 Å². The van der Waals surface area contributed by atoms with Gasteiger partial charge in [-0.05, 0) is 30.5 Å². The van der Waals surface area contributed by atoms with Crippen LogP contribution in [-0.4, -0.2) is 6.61 Å². The molecule has 0 aliphatic heterocycles. The molecule has 0 aliphatic carbocycles. The van der Waals surface area contributed by atoms with Crippen molar-refractivity contribution in [1.82, 2.24) is 0 Å². The summed E-state index contributed by atoms with van der Waals surface area (Å²) in [6, 6.07) is 6.19. The van der Waals surface area contributed by atoms with Crippen molar-refractivity contribution in [2.45, 2.75) is 32.0 Å². The zero-order valence-electron chi connectivity index (χ0n) is 9.97. The van der Waals surface area contributed by atoms with E-state index < -0.39 is 0 Å². The van der Waals surface area contributed by atoms with Gasteiger partial charge in [0.05, 0.1) is 6.61 Å². The minimum atomic E-state index is 0.391. The minimum absolute atomic E-state index is 0.391. The molecule has 3 heteroatoms. The van der Waals surface area contributed by atoms with Crippen molar-refractivity contribution in [3.05, 3.63) is 28.2 Å². The van der Waals surface area contributed by atoms with Crippen molar-refractivity contribution in [1.29, 1.82) is 0 Å². The van der Waals surface area contributed by atoms with Crippen LogP contribution in [-0.2, 0) is 0 Å². The standard InChI is InChI=1S/C13H18Br2O/c1-4-9(3)13(15)11-7-6-10(16-5-2)8-12(11)14/h6-9,13H,4-5H2,1-3H3. The molecule has 0 N–H and O–H groups in total. The van der Waals surface area contributed by atoms with Crippen molar-refractivity contribution in [3.8, 4) is 5.75 Å². The SMILES string of the molecule is CCOc1ccc(C(Br)C(C)CC)c(Br)c1. The number of rotatable bonds is 5. The average molecular weight is 350 g/mol. The molecule has 0 aliphatic rings. The first-order valence-corrected chi connectivity index (χ1v) is 7.37. The molecule has 0 radical (unpaired) electrons. The second kappa shape index (κ2) is 6.65. The van der Waals surface area contributed by atoms with Crippen LogP contribution < -0.4 is 4.74 Å². The fraction of sp³-hybridized carbons (Fsp3) is 0.538. The zero-order chi connectivity index (χ0) is 12.1. The molecule has 0 saturated carbocycles. The van der Waals surface area contributed by atoms with Gasteiger partial charge in [-0.2, -0.15) is 0 Å². The van der Waals surface area contributed by atoms with E-state index in [0.717, 1.165) is 16.6 Å². The molecule has 1 rings (SSSR count). The average Bonchev–Trinajstić information content (AvgIpc) is 2.28. The van der Waals surface area contributed by atoms with Crippen LogP contribution in [0.5, 0.6) is 5.75 Å². The second-order valence-electron chi connectivity index (χ2n) is 3.90. The van der Waals surface area contributed by atoms with Gasteiger partial charge in [0, 0.05) is 9.30 Å². The molecule has 0 heterocycles. The first-order valence-electron chi connectivity index (χ1n) is 5.66. The Morgan fingerprint density at radius 1 is 1.31 bits per heavy atom. The summed E-state index contributed by atoms with van der Waals surface area (Å²) in [5, 5.41) is 0. The largest absolute Gasteiger partial charge is 0.494 e. The molecule has 0 fully saturated rings. The zero-order valence-corrected chi connectivity index (χ0v) is 13.1. The fourth-order valence-corrected chi connectivity index (χ4v) is 3.19. The lowest BCUT2D eigenvalue weighted by atomic mass is 9.99. The monoisotopic (exact) mass is 348 g/mol. The molecule has 0 saturated heterocycles. The Bertz CT molecular complexity index is 339. The van der Waals surface area contributed by atoms with E-state index in [1.54, 1.807) is 0 Å². The van der Waals surface area contributed by atoms with Gasteiger partial charge < -0.3 is 4.74 Å². The number of alkyl halides is 1. The van der Waals surface area contributed by atoms with Crippen LogP contribution in [0.25, 0.3) is 0 Å². The van der Waals surface area contributed by atoms with Crippen molar-refractivity contribution < 1.29 is 4.74 Å². The molecular weight excluding hydrogens is 332 g/mol. The molecule has 2 unspecified atom stereocenters. The smallest absolute Gasteiger partial charge is 0.120 e. The Balaban J connectivity index is 2.89.